The van der Waals surface area contributed by atoms with Crippen LogP contribution in [0.15, 0.2) is 83.9 Å². The van der Waals surface area contributed by atoms with Crippen LogP contribution in [0.25, 0.3) is 0 Å². The number of nitrogens with two attached hydrogens (primary N) is 1. The van der Waals surface area contributed by atoms with Gasteiger partial charge in [0.15, 0.2) is 5.96 Å². The van der Waals surface area contributed by atoms with Crippen LogP contribution in [0, 0.1) is 0 Å². The number of aliphatic imine (C=N–C) groups is 1. The number of aromatic hydroxyl groups is 1. The van der Waals surface area contributed by atoms with E-state index >= 15 is 0 Å². The van der Waals surface area contributed by atoms with E-state index in [-0.39, 0.29) is 88.2 Å². The van der Waals surface area contributed by atoms with Crippen molar-refractivity contribution in [3.63, 3.8) is 0 Å². The van der Waals surface area contributed by atoms with Crippen molar-refractivity contribution in [3.8, 4) is 5.75 Å². The van der Waals surface area contributed by atoms with Gasteiger partial charge in [0.05, 0.1) is 32.1 Å². The van der Waals surface area contributed by atoms with E-state index in [1.807, 2.05) is 64.4 Å². The van der Waals surface area contributed by atoms with Crippen LogP contribution in [0.3, 0.4) is 0 Å². The Balaban J connectivity index is 1.21. The molecule has 1 fully saturated rings. The van der Waals surface area contributed by atoms with Gasteiger partial charge in [-0.1, -0.05) is 67.9 Å². The second kappa shape index (κ2) is 39.3. The van der Waals surface area contributed by atoms with Gasteiger partial charge in [-0.2, -0.15) is 0 Å². The number of hydrogen-bond acceptors (Lipinski definition) is 16. The van der Waals surface area contributed by atoms with Gasteiger partial charge in [-0.15, -0.1) is 0 Å². The molecule has 1 aliphatic rings. The summed E-state index contributed by atoms with van der Waals surface area (Å²) >= 11 is 0. The first kappa shape index (κ1) is 68.3. The fraction of sp³-hybridized carbons (Fsp3) is 0.517. The Hall–Kier alpha value is -8.20. The molecule has 2 atom stereocenters. The molecule has 0 radical (unpaired) electrons. The number of aldehydes is 1. The normalized spacial score (nSPS) is 14.7. The maximum Gasteiger partial charge on any atom is 0.321 e. The number of hydrogen-bond donors (Lipinski definition) is 12. The summed E-state index contributed by atoms with van der Waals surface area (Å²) in [5, 5.41) is 51.4. The predicted molar refractivity (Wildman–Crippen MR) is 317 cm³/mol. The zero-order valence-electron chi connectivity index (χ0n) is 48.2. The summed E-state index contributed by atoms with van der Waals surface area (Å²) in [6.45, 7) is 6.85. The van der Waals surface area contributed by atoms with E-state index in [1.165, 1.54) is 12.1 Å². The molecular weight excluding hydrogens is 1080 g/mol. The number of anilines is 1. The number of aliphatic carboxylic acids is 2. The van der Waals surface area contributed by atoms with E-state index in [2.05, 4.69) is 47.5 Å². The Morgan fingerprint density at radius 3 is 1.79 bits per heavy atom. The van der Waals surface area contributed by atoms with Crippen LogP contribution in [0.2, 0.25) is 0 Å². The Morgan fingerprint density at radius 2 is 1.17 bits per heavy atom. The second-order valence-corrected chi connectivity index (χ2v) is 20.3. The molecule has 1 aliphatic heterocycles. The smallest absolute Gasteiger partial charge is 0.321 e. The summed E-state index contributed by atoms with van der Waals surface area (Å²) in [6.07, 6.45) is 4.63. The number of carbonyl (C=O) groups is 9. The van der Waals surface area contributed by atoms with Gasteiger partial charge in [-0.25, -0.2) is 4.79 Å². The summed E-state index contributed by atoms with van der Waals surface area (Å²) in [4.78, 5) is 123. The molecule has 7 amide bonds. The molecule has 26 heteroatoms. The molecule has 3 aromatic carbocycles. The molecule has 460 valence electrons. The standard InChI is InChI=1S/C58H86N14O12/c1-2-49(75)63-27-28-65-58(84)68-57(59)64-24-9-13-48(55(82)66-39-43-15-21-47(74)22-16-43)67-56(83)54(44-11-5-3-6-12-44)45-17-19-46(20-18-45)60-25-10-26-61-50(76)14-7-4-8-23-62-51(77)40-70-31-29-69(37-38-73)30-32-71(41-52(78)79)35-36-72(34-33-70)42-53(80)81/h3,5-6,11-12,15-22,38,48,54,60,74H,2,4,7-10,13-14,23-37,39-42H2,1H3,(H,61,76)(H,62,77)(H,63,75)(H,66,82)(H,67,83)(H,78,79)(H,80,81)(H4,59,64,65,68,84). The number of unbranched alkanes of at least 4 members (excludes halogenated alkanes) is 2. The van der Waals surface area contributed by atoms with Crippen molar-refractivity contribution < 1.29 is 58.5 Å². The fourth-order valence-electron chi connectivity index (χ4n) is 9.02. The average Bonchev–Trinajstić information content (AvgIpc) is 3.07. The number of carboxylic acid groups (broad SMARTS) is 2. The lowest BCUT2D eigenvalue weighted by molar-refractivity contribution is -0.140. The number of rotatable bonds is 34. The van der Waals surface area contributed by atoms with Crippen molar-refractivity contribution in [2.24, 2.45) is 10.7 Å². The molecule has 13 N–H and O–H groups in total. The van der Waals surface area contributed by atoms with Crippen LogP contribution in [0.1, 0.15) is 80.9 Å². The Morgan fingerprint density at radius 1 is 0.595 bits per heavy atom. The lowest BCUT2D eigenvalue weighted by atomic mass is 9.90. The number of urea groups is 1. The highest BCUT2D eigenvalue weighted by Crippen LogP contribution is 2.27. The minimum absolute atomic E-state index is 0.0729. The molecule has 0 spiro atoms. The average molecular weight is 1170 g/mol. The molecular formula is C58H86N14O12. The minimum atomic E-state index is -1.00. The van der Waals surface area contributed by atoms with Gasteiger partial charge in [0.2, 0.25) is 29.5 Å². The molecule has 4 rings (SSSR count). The van der Waals surface area contributed by atoms with Crippen LogP contribution in [0.4, 0.5) is 10.5 Å². The van der Waals surface area contributed by atoms with Crippen molar-refractivity contribution in [1.29, 1.82) is 0 Å². The van der Waals surface area contributed by atoms with E-state index < -0.39 is 41.7 Å². The van der Waals surface area contributed by atoms with Crippen molar-refractivity contribution in [1.82, 2.24) is 56.8 Å². The highest BCUT2D eigenvalue weighted by Gasteiger charge is 2.28. The fourth-order valence-corrected chi connectivity index (χ4v) is 9.02. The molecule has 0 aliphatic carbocycles. The molecule has 26 nitrogen and oxygen atoms in total. The SMILES string of the molecule is CCC(=O)NCCNC(=O)NC(N)=NCCCC(NC(=O)C(c1ccccc1)c1ccc(NCCCNC(=O)CCCCCNC(=O)CN2CCN(CC=O)CCN(CC(=O)O)CCN(CC(=O)O)CC2)cc1)C(=O)NCc1ccc(O)cc1. The molecule has 0 aromatic heterocycles. The topological polar surface area (TPSA) is 362 Å². The Bertz CT molecular complexity index is 2560. The highest BCUT2D eigenvalue weighted by atomic mass is 16.4. The van der Waals surface area contributed by atoms with Crippen molar-refractivity contribution in [2.75, 3.05) is 123 Å². The number of carboxylic acids is 2. The number of guanidine groups is 1. The third-order valence-corrected chi connectivity index (χ3v) is 13.7. The largest absolute Gasteiger partial charge is 0.508 e. The van der Waals surface area contributed by atoms with E-state index in [9.17, 15) is 58.5 Å². The summed E-state index contributed by atoms with van der Waals surface area (Å²) in [5.41, 5.74) is 8.87. The van der Waals surface area contributed by atoms with Crippen molar-refractivity contribution in [3.05, 3.63) is 95.6 Å². The van der Waals surface area contributed by atoms with Crippen molar-refractivity contribution in [2.45, 2.75) is 76.8 Å². The van der Waals surface area contributed by atoms with Crippen molar-refractivity contribution >= 4 is 65.4 Å². The number of phenols is 1. The molecule has 2 unspecified atom stereocenters. The van der Waals surface area contributed by atoms with Gasteiger partial charge in [-0.05, 0) is 73.1 Å². The Kier molecular flexibility index (Phi) is 32.0. The van der Waals surface area contributed by atoms with Gasteiger partial charge >= 0.3 is 18.0 Å². The first-order chi connectivity index (χ1) is 40.5. The zero-order valence-corrected chi connectivity index (χ0v) is 48.2. The maximum absolute atomic E-state index is 14.4. The summed E-state index contributed by atoms with van der Waals surface area (Å²) in [5.74, 6) is -4.08. The summed E-state index contributed by atoms with van der Waals surface area (Å²) in [7, 11) is 0. The zero-order chi connectivity index (χ0) is 60.9. The van der Waals surface area contributed by atoms with Gasteiger partial charge in [-0.3, -0.25) is 63.5 Å². The number of phenolic OH excluding ortho intramolecular Hbond substituents is 1. The number of carbonyl (C=O) groups excluding carboxylic acids is 7. The molecule has 3 aromatic rings. The van der Waals surface area contributed by atoms with E-state index in [0.29, 0.717) is 122 Å². The molecule has 1 saturated heterocycles. The number of nitrogens with one attached hydrogen (secondary N) is 8. The predicted octanol–water partition coefficient (Wildman–Crippen LogP) is 0.430. The summed E-state index contributed by atoms with van der Waals surface area (Å²) in [6, 6.07) is 21.4. The van der Waals surface area contributed by atoms with E-state index in [0.717, 1.165) is 24.0 Å². The van der Waals surface area contributed by atoms with E-state index in [1.54, 1.807) is 28.9 Å². The molecule has 1 heterocycles. The number of nitrogens with zero attached hydrogens (tertiary/aromatic N) is 5. The minimum Gasteiger partial charge on any atom is -0.508 e. The van der Waals surface area contributed by atoms with Crippen LogP contribution < -0.4 is 48.3 Å². The van der Waals surface area contributed by atoms with Crippen LogP contribution in [-0.4, -0.2) is 219 Å². The number of benzene rings is 3. The van der Waals surface area contributed by atoms with Gasteiger partial charge < -0.3 is 63.1 Å². The van der Waals surface area contributed by atoms with Crippen LogP contribution in [-0.2, 0) is 44.9 Å². The lowest BCUT2D eigenvalue weighted by Crippen LogP contribution is -2.49. The van der Waals surface area contributed by atoms with Crippen LogP contribution in [0.5, 0.6) is 5.75 Å². The quantitative estimate of drug-likeness (QED) is 0.0167. The van der Waals surface area contributed by atoms with Gasteiger partial charge in [0.1, 0.15) is 18.1 Å². The number of amides is 7. The monoisotopic (exact) mass is 1170 g/mol. The Labute approximate surface area is 491 Å². The van der Waals surface area contributed by atoms with Gasteiger partial charge in [0.25, 0.3) is 0 Å². The third kappa shape index (κ3) is 28.7. The van der Waals surface area contributed by atoms with E-state index in [4.69, 9.17) is 5.73 Å². The molecule has 0 saturated carbocycles. The third-order valence-electron chi connectivity index (χ3n) is 13.7. The summed E-state index contributed by atoms with van der Waals surface area (Å²) < 4.78 is 0. The highest BCUT2D eigenvalue weighted by molar-refractivity contribution is 5.95. The maximum atomic E-state index is 14.4. The first-order valence-corrected chi connectivity index (χ1v) is 28.7. The van der Waals surface area contributed by atoms with Gasteiger partial charge in [0, 0.05) is 117 Å². The lowest BCUT2D eigenvalue weighted by Gasteiger charge is -2.32. The first-order valence-electron chi connectivity index (χ1n) is 28.7. The molecule has 0 bridgehead atoms. The molecule has 84 heavy (non-hydrogen) atoms. The second-order valence-electron chi connectivity index (χ2n) is 20.3. The van der Waals surface area contributed by atoms with Crippen LogP contribution >= 0.6 is 0 Å².